The van der Waals surface area contributed by atoms with Gasteiger partial charge in [0.1, 0.15) is 12.6 Å². The first-order valence-electron chi connectivity index (χ1n) is 15.0. The second kappa shape index (κ2) is 16.7. The summed E-state index contributed by atoms with van der Waals surface area (Å²) in [5.74, 6) is -1.04. The fraction of sp³-hybridized carbons (Fsp3) is 0.257. The molecule has 7 nitrogen and oxygen atoms in total. The molecule has 0 spiro atoms. The topological polar surface area (TPSA) is 86.8 Å². The molecule has 0 unspecified atom stereocenters. The molecule has 248 valence electrons. The molecule has 0 fully saturated rings. The van der Waals surface area contributed by atoms with Crippen molar-refractivity contribution in [2.75, 3.05) is 17.4 Å². The number of sulfonamides is 1. The number of amides is 2. The van der Waals surface area contributed by atoms with Gasteiger partial charge < -0.3 is 10.2 Å². The van der Waals surface area contributed by atoms with Crippen LogP contribution in [0.2, 0.25) is 20.1 Å². The van der Waals surface area contributed by atoms with Crippen LogP contribution < -0.4 is 9.62 Å². The van der Waals surface area contributed by atoms with E-state index in [-0.39, 0.29) is 39.5 Å². The number of nitrogens with zero attached hydrogens (tertiary/aromatic N) is 2. The van der Waals surface area contributed by atoms with Crippen molar-refractivity contribution in [2.24, 2.45) is 0 Å². The number of aryl methyl sites for hydroxylation is 1. The highest BCUT2D eigenvalue weighted by Gasteiger charge is 2.35. The molecule has 4 aromatic carbocycles. The van der Waals surface area contributed by atoms with Crippen LogP contribution in [0.25, 0.3) is 0 Å². The van der Waals surface area contributed by atoms with Gasteiger partial charge in [0.15, 0.2) is 0 Å². The summed E-state index contributed by atoms with van der Waals surface area (Å²) in [5, 5.41) is 3.73. The number of carbonyl (C=O) groups excluding carboxylic acids is 2. The third-order valence-electron chi connectivity index (χ3n) is 7.54. The average Bonchev–Trinajstić information content (AvgIpc) is 3.04. The molecule has 1 atom stereocenters. The highest BCUT2D eigenvalue weighted by molar-refractivity contribution is 7.92. The number of rotatable bonds is 14. The summed E-state index contributed by atoms with van der Waals surface area (Å²) in [5.41, 5.74) is 2.21. The standard InChI is InChI=1S/C35H35Cl4N3O4S/c1-3-4-19-40-35(44)32(20-25-9-6-5-7-10-25)41(22-26-15-16-27(36)21-30(26)38)33(43)23-42(31-12-8-11-29(37)34(31)39)47(45,46)28-17-13-24(2)14-18-28/h5-18,21,32H,3-4,19-20,22-23H2,1-2H3,(H,40,44)/t32-/m1/s1. The van der Waals surface area contributed by atoms with E-state index < -0.39 is 28.5 Å². The third-order valence-corrected chi connectivity index (χ3v) is 10.7. The van der Waals surface area contributed by atoms with Gasteiger partial charge in [0.25, 0.3) is 10.0 Å². The van der Waals surface area contributed by atoms with Gasteiger partial charge in [-0.1, -0.05) is 120 Å². The van der Waals surface area contributed by atoms with Crippen LogP contribution in [-0.2, 0) is 32.6 Å². The van der Waals surface area contributed by atoms with Crippen LogP contribution >= 0.6 is 46.4 Å². The Hall–Kier alpha value is -3.27. The lowest BCUT2D eigenvalue weighted by molar-refractivity contribution is -0.140. The van der Waals surface area contributed by atoms with Crippen molar-refractivity contribution < 1.29 is 18.0 Å². The van der Waals surface area contributed by atoms with Crippen LogP contribution in [-0.4, -0.2) is 44.3 Å². The van der Waals surface area contributed by atoms with Gasteiger partial charge in [-0.05, 0) is 60.9 Å². The van der Waals surface area contributed by atoms with Crippen molar-refractivity contribution in [3.63, 3.8) is 0 Å². The van der Waals surface area contributed by atoms with Crippen molar-refractivity contribution in [3.8, 4) is 0 Å². The first-order valence-corrected chi connectivity index (χ1v) is 18.0. The lowest BCUT2D eigenvalue weighted by Gasteiger charge is -2.34. The Kier molecular flexibility index (Phi) is 13.0. The molecule has 0 aromatic heterocycles. The summed E-state index contributed by atoms with van der Waals surface area (Å²) in [6, 6.07) is 23.9. The molecule has 1 N–H and O–H groups in total. The first-order chi connectivity index (χ1) is 22.4. The normalized spacial score (nSPS) is 12.0. The van der Waals surface area contributed by atoms with E-state index in [4.69, 9.17) is 46.4 Å². The first kappa shape index (κ1) is 36.6. The minimum atomic E-state index is -4.35. The van der Waals surface area contributed by atoms with Crippen molar-refractivity contribution in [1.29, 1.82) is 0 Å². The zero-order valence-corrected chi connectivity index (χ0v) is 29.8. The van der Waals surface area contributed by atoms with E-state index in [0.29, 0.717) is 22.2 Å². The smallest absolute Gasteiger partial charge is 0.264 e. The predicted molar refractivity (Wildman–Crippen MR) is 191 cm³/mol. The van der Waals surface area contributed by atoms with Gasteiger partial charge in [-0.25, -0.2) is 8.42 Å². The highest BCUT2D eigenvalue weighted by Crippen LogP contribution is 2.36. The lowest BCUT2D eigenvalue weighted by atomic mass is 10.0. The van der Waals surface area contributed by atoms with E-state index in [0.717, 1.165) is 28.3 Å². The van der Waals surface area contributed by atoms with Crippen molar-refractivity contribution in [2.45, 2.75) is 50.6 Å². The Morgan fingerprint density at radius 1 is 0.851 bits per heavy atom. The van der Waals surface area contributed by atoms with Crippen molar-refractivity contribution >= 4 is 73.9 Å². The summed E-state index contributed by atoms with van der Waals surface area (Å²) in [6.07, 6.45) is 1.77. The fourth-order valence-electron chi connectivity index (χ4n) is 4.93. The molecule has 47 heavy (non-hydrogen) atoms. The van der Waals surface area contributed by atoms with Crippen LogP contribution in [0.3, 0.4) is 0 Å². The molecule has 2 amide bonds. The number of anilines is 1. The van der Waals surface area contributed by atoms with E-state index in [2.05, 4.69) is 5.32 Å². The second-order valence-electron chi connectivity index (χ2n) is 11.0. The predicted octanol–water partition coefficient (Wildman–Crippen LogP) is 8.36. The number of unbranched alkanes of at least 4 members (excludes halogenated alkanes) is 1. The SMILES string of the molecule is CCCCNC(=O)[C@@H](Cc1ccccc1)N(Cc1ccc(Cl)cc1Cl)C(=O)CN(c1cccc(Cl)c1Cl)S(=O)(=O)c1ccc(C)cc1. The fourth-order valence-corrected chi connectivity index (χ4v) is 7.27. The summed E-state index contributed by atoms with van der Waals surface area (Å²) < 4.78 is 29.4. The van der Waals surface area contributed by atoms with Gasteiger partial charge in [-0.3, -0.25) is 13.9 Å². The minimum absolute atomic E-state index is 0.0181. The van der Waals surface area contributed by atoms with Gasteiger partial charge in [0, 0.05) is 29.6 Å². The average molecular weight is 736 g/mol. The second-order valence-corrected chi connectivity index (χ2v) is 14.5. The summed E-state index contributed by atoms with van der Waals surface area (Å²) in [7, 11) is -4.35. The van der Waals surface area contributed by atoms with Gasteiger partial charge in [-0.2, -0.15) is 0 Å². The molecule has 4 rings (SSSR count). The maximum atomic E-state index is 14.6. The van der Waals surface area contributed by atoms with Gasteiger partial charge >= 0.3 is 0 Å². The molecular formula is C35H35Cl4N3O4S. The van der Waals surface area contributed by atoms with Crippen LogP contribution in [0.1, 0.15) is 36.5 Å². The molecular weight excluding hydrogens is 700 g/mol. The molecule has 0 aliphatic carbocycles. The molecule has 0 saturated carbocycles. The molecule has 0 heterocycles. The van der Waals surface area contributed by atoms with E-state index >= 15 is 0 Å². The van der Waals surface area contributed by atoms with Gasteiger partial charge in [0.2, 0.25) is 11.8 Å². The van der Waals surface area contributed by atoms with E-state index in [1.165, 1.54) is 29.2 Å². The van der Waals surface area contributed by atoms with Crippen LogP contribution in [0.15, 0.2) is 95.9 Å². The van der Waals surface area contributed by atoms with Crippen molar-refractivity contribution in [1.82, 2.24) is 10.2 Å². The number of hydrogen-bond acceptors (Lipinski definition) is 4. The van der Waals surface area contributed by atoms with Crippen LogP contribution in [0, 0.1) is 6.92 Å². The number of benzene rings is 4. The molecule has 0 saturated heterocycles. The summed E-state index contributed by atoms with van der Waals surface area (Å²) >= 11 is 25.6. The quantitative estimate of drug-likeness (QED) is 0.132. The van der Waals surface area contributed by atoms with E-state index in [9.17, 15) is 18.0 Å². The molecule has 0 bridgehead atoms. The summed E-state index contributed by atoms with van der Waals surface area (Å²) in [6.45, 7) is 3.47. The van der Waals surface area contributed by atoms with Crippen LogP contribution in [0.5, 0.6) is 0 Å². The number of nitrogens with one attached hydrogen (secondary N) is 1. The highest BCUT2D eigenvalue weighted by atomic mass is 35.5. The number of carbonyl (C=O) groups is 2. The zero-order chi connectivity index (χ0) is 34.1. The summed E-state index contributed by atoms with van der Waals surface area (Å²) in [4.78, 5) is 29.8. The van der Waals surface area contributed by atoms with Gasteiger partial charge in [0.05, 0.1) is 20.6 Å². The van der Waals surface area contributed by atoms with E-state index in [1.807, 2.05) is 44.2 Å². The van der Waals surface area contributed by atoms with Gasteiger partial charge in [-0.15, -0.1) is 0 Å². The Labute approximate surface area is 296 Å². The Morgan fingerprint density at radius 2 is 1.55 bits per heavy atom. The number of halogens is 4. The monoisotopic (exact) mass is 733 g/mol. The van der Waals surface area contributed by atoms with E-state index in [1.54, 1.807) is 36.4 Å². The Morgan fingerprint density at radius 3 is 2.21 bits per heavy atom. The maximum Gasteiger partial charge on any atom is 0.264 e. The molecule has 0 aliphatic heterocycles. The Bertz CT molecular complexity index is 1810. The van der Waals surface area contributed by atoms with Crippen LogP contribution in [0.4, 0.5) is 5.69 Å². The zero-order valence-electron chi connectivity index (χ0n) is 25.9. The molecule has 0 aliphatic rings. The maximum absolute atomic E-state index is 14.6. The lowest BCUT2D eigenvalue weighted by Crippen LogP contribution is -2.53. The number of hydrogen-bond donors (Lipinski definition) is 1. The minimum Gasteiger partial charge on any atom is -0.354 e. The Balaban J connectivity index is 1.84. The largest absolute Gasteiger partial charge is 0.354 e. The molecule has 4 aromatic rings. The molecule has 12 heteroatoms. The third kappa shape index (κ3) is 9.42. The van der Waals surface area contributed by atoms with Crippen molar-refractivity contribution in [3.05, 3.63) is 128 Å². The molecule has 0 radical (unpaired) electrons.